The van der Waals surface area contributed by atoms with Crippen LogP contribution in [0.1, 0.15) is 19.8 Å². The molecule has 4 nitrogen and oxygen atoms in total. The lowest BCUT2D eigenvalue weighted by atomic mass is 10.3. The highest BCUT2D eigenvalue weighted by atomic mass is 16.6. The minimum absolute atomic E-state index is 0.131. The van der Waals surface area contributed by atoms with Crippen LogP contribution in [0, 0.1) is 0 Å². The molecule has 0 aromatic heterocycles. The Balaban J connectivity index is 2.97. The summed E-state index contributed by atoms with van der Waals surface area (Å²) in [6, 6.07) is 0. The van der Waals surface area contributed by atoms with E-state index in [-0.39, 0.29) is 6.61 Å². The molecule has 0 bridgehead atoms. The highest BCUT2D eigenvalue weighted by Crippen LogP contribution is 1.90. The van der Waals surface area contributed by atoms with Crippen molar-refractivity contribution in [1.29, 1.82) is 0 Å². The number of hydrogen-bond acceptors (Lipinski definition) is 4. The molecular weight excluding hydrogens is 146 g/mol. The maximum Gasteiger partial charge on any atom is 0.103 e. The van der Waals surface area contributed by atoms with Gasteiger partial charge >= 0.3 is 0 Å². The van der Waals surface area contributed by atoms with Crippen LogP contribution in [0.15, 0.2) is 0 Å². The van der Waals surface area contributed by atoms with Crippen LogP contribution in [0.2, 0.25) is 0 Å². The molecule has 0 radical (unpaired) electrons. The second kappa shape index (κ2) is 7.94. The number of aliphatic hydroxyl groups excluding tert-OH is 1. The third kappa shape index (κ3) is 7.74. The number of aliphatic hydroxyl groups is 1. The van der Waals surface area contributed by atoms with Crippen molar-refractivity contribution in [3.05, 3.63) is 0 Å². The van der Waals surface area contributed by atoms with Gasteiger partial charge in [-0.1, -0.05) is 13.3 Å². The highest BCUT2D eigenvalue weighted by Gasteiger charge is 2.02. The standard InChI is InChI=1S/C7H17NO3/c1-2-3-4-10-5-7(9)6-11-8/h7,9H,2-6,8H2,1H3. The average molecular weight is 163 g/mol. The van der Waals surface area contributed by atoms with Gasteiger partial charge in [0.25, 0.3) is 0 Å². The summed E-state index contributed by atoms with van der Waals surface area (Å²) in [7, 11) is 0. The average Bonchev–Trinajstić information content (AvgIpc) is 1.99. The molecule has 0 saturated heterocycles. The van der Waals surface area contributed by atoms with E-state index in [0.717, 1.165) is 12.8 Å². The quantitative estimate of drug-likeness (QED) is 0.411. The first-order valence-electron chi connectivity index (χ1n) is 3.88. The van der Waals surface area contributed by atoms with Crippen molar-refractivity contribution in [2.24, 2.45) is 5.90 Å². The molecule has 0 aliphatic carbocycles. The Bertz CT molecular complexity index is 80.1. The maximum atomic E-state index is 9.02. The smallest absolute Gasteiger partial charge is 0.103 e. The van der Waals surface area contributed by atoms with Crippen molar-refractivity contribution in [3.8, 4) is 0 Å². The number of ether oxygens (including phenoxy) is 1. The number of hydrogen-bond donors (Lipinski definition) is 2. The fraction of sp³-hybridized carbons (Fsp3) is 1.00. The van der Waals surface area contributed by atoms with Crippen LogP contribution in [-0.4, -0.2) is 31.0 Å². The van der Waals surface area contributed by atoms with Crippen molar-refractivity contribution >= 4 is 0 Å². The van der Waals surface area contributed by atoms with E-state index in [9.17, 15) is 0 Å². The molecule has 0 aromatic carbocycles. The van der Waals surface area contributed by atoms with Gasteiger partial charge in [0.1, 0.15) is 6.10 Å². The largest absolute Gasteiger partial charge is 0.388 e. The molecule has 1 unspecified atom stereocenters. The van der Waals surface area contributed by atoms with Crippen molar-refractivity contribution in [2.45, 2.75) is 25.9 Å². The Labute approximate surface area is 67.2 Å². The van der Waals surface area contributed by atoms with Crippen LogP contribution in [0.25, 0.3) is 0 Å². The third-order valence-corrected chi connectivity index (χ3v) is 1.24. The van der Waals surface area contributed by atoms with E-state index in [0.29, 0.717) is 13.2 Å². The van der Waals surface area contributed by atoms with E-state index < -0.39 is 6.10 Å². The minimum Gasteiger partial charge on any atom is -0.388 e. The van der Waals surface area contributed by atoms with Crippen molar-refractivity contribution in [3.63, 3.8) is 0 Å². The number of rotatable bonds is 7. The SMILES string of the molecule is CCCCOCC(O)CON. The molecular formula is C7H17NO3. The molecule has 0 aliphatic rings. The lowest BCUT2D eigenvalue weighted by Crippen LogP contribution is -2.23. The van der Waals surface area contributed by atoms with E-state index >= 15 is 0 Å². The van der Waals surface area contributed by atoms with Gasteiger partial charge in [-0.2, -0.15) is 0 Å². The summed E-state index contributed by atoms with van der Waals surface area (Å²) in [6.07, 6.45) is 1.52. The normalized spacial score (nSPS) is 13.4. The zero-order chi connectivity index (χ0) is 8.53. The molecule has 0 fully saturated rings. The van der Waals surface area contributed by atoms with E-state index in [1.54, 1.807) is 0 Å². The summed E-state index contributed by atoms with van der Waals surface area (Å²) in [6.45, 7) is 3.21. The summed E-state index contributed by atoms with van der Waals surface area (Å²) in [5.41, 5.74) is 0. The van der Waals surface area contributed by atoms with Gasteiger partial charge in [0, 0.05) is 6.61 Å². The van der Waals surface area contributed by atoms with E-state index in [2.05, 4.69) is 11.8 Å². The molecule has 0 rings (SSSR count). The van der Waals surface area contributed by atoms with E-state index in [1.165, 1.54) is 0 Å². The fourth-order valence-electron chi connectivity index (χ4n) is 0.625. The van der Waals surface area contributed by atoms with Crippen molar-refractivity contribution in [1.82, 2.24) is 0 Å². The van der Waals surface area contributed by atoms with Crippen LogP contribution in [0.5, 0.6) is 0 Å². The van der Waals surface area contributed by atoms with E-state index in [4.69, 9.17) is 15.7 Å². The Morgan fingerprint density at radius 2 is 2.18 bits per heavy atom. The predicted octanol–water partition coefficient (Wildman–Crippen LogP) is 0.0543. The third-order valence-electron chi connectivity index (χ3n) is 1.24. The fourth-order valence-corrected chi connectivity index (χ4v) is 0.625. The van der Waals surface area contributed by atoms with Crippen LogP contribution >= 0.6 is 0 Å². The summed E-state index contributed by atoms with van der Waals surface area (Å²) in [4.78, 5) is 4.23. The molecule has 68 valence electrons. The topological polar surface area (TPSA) is 64.7 Å². The van der Waals surface area contributed by atoms with Gasteiger partial charge in [-0.3, -0.25) is 0 Å². The van der Waals surface area contributed by atoms with Gasteiger partial charge < -0.3 is 14.7 Å². The van der Waals surface area contributed by atoms with E-state index in [1.807, 2.05) is 0 Å². The minimum atomic E-state index is -0.600. The van der Waals surface area contributed by atoms with Crippen molar-refractivity contribution < 1.29 is 14.7 Å². The summed E-state index contributed by atoms with van der Waals surface area (Å²) < 4.78 is 5.10. The van der Waals surface area contributed by atoms with Gasteiger partial charge in [-0.05, 0) is 6.42 Å². The van der Waals surface area contributed by atoms with Gasteiger partial charge in [-0.25, -0.2) is 5.90 Å². The molecule has 0 aromatic rings. The second-order valence-electron chi connectivity index (χ2n) is 2.42. The first-order valence-corrected chi connectivity index (χ1v) is 3.88. The molecule has 3 N–H and O–H groups in total. The maximum absolute atomic E-state index is 9.02. The Morgan fingerprint density at radius 3 is 2.73 bits per heavy atom. The molecule has 0 aliphatic heterocycles. The molecule has 1 atom stereocenters. The molecule has 11 heavy (non-hydrogen) atoms. The lowest BCUT2D eigenvalue weighted by molar-refractivity contribution is -0.0198. The zero-order valence-electron chi connectivity index (χ0n) is 6.95. The number of nitrogens with two attached hydrogens (primary N) is 1. The molecule has 0 spiro atoms. The van der Waals surface area contributed by atoms with Crippen LogP contribution in [0.4, 0.5) is 0 Å². The molecule has 0 saturated carbocycles. The zero-order valence-corrected chi connectivity index (χ0v) is 6.95. The monoisotopic (exact) mass is 163 g/mol. The molecule has 0 heterocycles. The van der Waals surface area contributed by atoms with Crippen LogP contribution < -0.4 is 5.90 Å². The van der Waals surface area contributed by atoms with Crippen LogP contribution in [-0.2, 0) is 9.57 Å². The van der Waals surface area contributed by atoms with Gasteiger partial charge in [-0.15, -0.1) is 0 Å². The summed E-state index contributed by atoms with van der Waals surface area (Å²) in [5, 5.41) is 9.02. The van der Waals surface area contributed by atoms with Gasteiger partial charge in [0.05, 0.1) is 13.2 Å². The first kappa shape index (κ1) is 10.8. The summed E-state index contributed by atoms with van der Waals surface area (Å²) >= 11 is 0. The van der Waals surface area contributed by atoms with Gasteiger partial charge in [0.2, 0.25) is 0 Å². The van der Waals surface area contributed by atoms with Gasteiger partial charge in [0.15, 0.2) is 0 Å². The molecule has 0 amide bonds. The first-order chi connectivity index (χ1) is 5.31. The highest BCUT2D eigenvalue weighted by molar-refractivity contribution is 4.49. The predicted molar refractivity (Wildman–Crippen MR) is 41.9 cm³/mol. The number of unbranched alkanes of at least 4 members (excludes halogenated alkanes) is 1. The van der Waals surface area contributed by atoms with Crippen molar-refractivity contribution in [2.75, 3.05) is 19.8 Å². The molecule has 4 heteroatoms. The Hall–Kier alpha value is -0.160. The Kier molecular flexibility index (Phi) is 7.83. The van der Waals surface area contributed by atoms with Crippen LogP contribution in [0.3, 0.4) is 0 Å². The second-order valence-corrected chi connectivity index (χ2v) is 2.42. The lowest BCUT2D eigenvalue weighted by Gasteiger charge is -2.08. The summed E-state index contributed by atoms with van der Waals surface area (Å²) in [5.74, 6) is 4.74. The Morgan fingerprint density at radius 1 is 1.45 bits per heavy atom.